The first-order valence-corrected chi connectivity index (χ1v) is 5.08. The molecule has 0 bridgehead atoms. The van der Waals surface area contributed by atoms with E-state index in [2.05, 4.69) is 5.32 Å². The van der Waals surface area contributed by atoms with Crippen LogP contribution in [0, 0.1) is 0 Å². The van der Waals surface area contributed by atoms with Crippen molar-refractivity contribution in [1.29, 1.82) is 0 Å². The van der Waals surface area contributed by atoms with Crippen molar-refractivity contribution in [2.45, 2.75) is 19.4 Å². The number of carbonyl (C=O) groups is 2. The van der Waals surface area contributed by atoms with Gasteiger partial charge in [0.2, 0.25) is 0 Å². The number of urea groups is 1. The summed E-state index contributed by atoms with van der Waals surface area (Å²) < 4.78 is 0. The Bertz CT molecular complexity index is 243. The van der Waals surface area contributed by atoms with Crippen LogP contribution in [0.15, 0.2) is 0 Å². The number of amides is 3. The van der Waals surface area contributed by atoms with Gasteiger partial charge < -0.3 is 10.2 Å². The summed E-state index contributed by atoms with van der Waals surface area (Å²) in [6.07, 6.45) is 0.825. The minimum absolute atomic E-state index is 0.0379. The molecule has 1 N–H and O–H groups in total. The molecule has 2 rings (SSSR count). The number of nitrogens with zero attached hydrogens (tertiary/aromatic N) is 2. The van der Waals surface area contributed by atoms with E-state index in [1.165, 1.54) is 4.90 Å². The van der Waals surface area contributed by atoms with Crippen molar-refractivity contribution < 1.29 is 9.59 Å². The molecule has 1 atom stereocenters. The first-order valence-electron chi connectivity index (χ1n) is 5.08. The highest BCUT2D eigenvalue weighted by atomic mass is 16.2. The molecule has 78 valence electrons. The molecule has 0 aromatic rings. The van der Waals surface area contributed by atoms with E-state index in [9.17, 15) is 9.59 Å². The smallest absolute Gasteiger partial charge is 0.312 e. The summed E-state index contributed by atoms with van der Waals surface area (Å²) in [6.45, 7) is 4.55. The molecule has 3 amide bonds. The van der Waals surface area contributed by atoms with Crippen LogP contribution >= 0.6 is 0 Å². The number of hydrogen-bond acceptors (Lipinski definition) is 3. The zero-order valence-electron chi connectivity index (χ0n) is 8.32. The SMILES string of the molecule is CCCN1C(=O)C2CNCCN2C1=O. The van der Waals surface area contributed by atoms with Crippen LogP contribution in [-0.2, 0) is 4.79 Å². The van der Waals surface area contributed by atoms with Crippen LogP contribution in [0.3, 0.4) is 0 Å². The van der Waals surface area contributed by atoms with Crippen LogP contribution in [0.5, 0.6) is 0 Å². The van der Waals surface area contributed by atoms with Gasteiger partial charge in [-0.15, -0.1) is 0 Å². The van der Waals surface area contributed by atoms with Gasteiger partial charge in [-0.05, 0) is 6.42 Å². The average Bonchev–Trinajstić information content (AvgIpc) is 2.45. The summed E-state index contributed by atoms with van der Waals surface area (Å²) >= 11 is 0. The lowest BCUT2D eigenvalue weighted by atomic mass is 10.2. The molecule has 5 heteroatoms. The number of rotatable bonds is 2. The third kappa shape index (κ3) is 1.28. The van der Waals surface area contributed by atoms with E-state index in [-0.39, 0.29) is 18.0 Å². The maximum Gasteiger partial charge on any atom is 0.327 e. The first kappa shape index (κ1) is 9.45. The minimum Gasteiger partial charge on any atom is -0.312 e. The molecule has 2 aliphatic heterocycles. The third-order valence-corrected chi connectivity index (χ3v) is 2.72. The second-order valence-corrected chi connectivity index (χ2v) is 3.69. The summed E-state index contributed by atoms with van der Waals surface area (Å²) in [6, 6.07) is -0.355. The Morgan fingerprint density at radius 3 is 2.93 bits per heavy atom. The number of nitrogens with one attached hydrogen (secondary N) is 1. The standard InChI is InChI=1S/C9H15N3O2/c1-2-4-12-8(13)7-6-10-3-5-11(7)9(12)14/h7,10H,2-6H2,1H3. The molecule has 0 radical (unpaired) electrons. The third-order valence-electron chi connectivity index (χ3n) is 2.72. The van der Waals surface area contributed by atoms with Crippen molar-refractivity contribution in [3.8, 4) is 0 Å². The van der Waals surface area contributed by atoms with Crippen LogP contribution in [0.1, 0.15) is 13.3 Å². The van der Waals surface area contributed by atoms with Crippen LogP contribution < -0.4 is 5.32 Å². The normalized spacial score (nSPS) is 27.1. The van der Waals surface area contributed by atoms with Gasteiger partial charge in [-0.2, -0.15) is 0 Å². The lowest BCUT2D eigenvalue weighted by Crippen LogP contribution is -2.51. The molecule has 2 fully saturated rings. The molecule has 2 saturated heterocycles. The average molecular weight is 197 g/mol. The van der Waals surface area contributed by atoms with E-state index in [4.69, 9.17) is 0 Å². The molecule has 0 saturated carbocycles. The van der Waals surface area contributed by atoms with Gasteiger partial charge in [-0.3, -0.25) is 9.69 Å². The first-order chi connectivity index (χ1) is 6.75. The summed E-state index contributed by atoms with van der Waals surface area (Å²) in [5.74, 6) is -0.0379. The molecular formula is C9H15N3O2. The van der Waals surface area contributed by atoms with Crippen LogP contribution in [-0.4, -0.2) is 54.0 Å². The Balaban J connectivity index is 2.15. The Kier molecular flexibility index (Phi) is 2.41. The second kappa shape index (κ2) is 3.57. The molecule has 5 nitrogen and oxygen atoms in total. The highest BCUT2D eigenvalue weighted by molar-refractivity contribution is 6.04. The maximum absolute atomic E-state index is 11.8. The van der Waals surface area contributed by atoms with Gasteiger partial charge in [-0.1, -0.05) is 6.92 Å². The van der Waals surface area contributed by atoms with E-state index in [1.54, 1.807) is 4.90 Å². The van der Waals surface area contributed by atoms with E-state index in [1.807, 2.05) is 6.92 Å². The van der Waals surface area contributed by atoms with E-state index in [0.29, 0.717) is 19.6 Å². The van der Waals surface area contributed by atoms with Crippen LogP contribution in [0.25, 0.3) is 0 Å². The van der Waals surface area contributed by atoms with Gasteiger partial charge >= 0.3 is 6.03 Å². The summed E-state index contributed by atoms with van der Waals surface area (Å²) in [5, 5.41) is 3.13. The Labute approximate surface area is 83.0 Å². The monoisotopic (exact) mass is 197 g/mol. The Morgan fingerprint density at radius 1 is 1.50 bits per heavy atom. The fraction of sp³-hybridized carbons (Fsp3) is 0.778. The molecule has 0 spiro atoms. The predicted molar refractivity (Wildman–Crippen MR) is 50.8 cm³/mol. The Morgan fingerprint density at radius 2 is 2.29 bits per heavy atom. The fourth-order valence-corrected chi connectivity index (χ4v) is 2.01. The molecule has 2 heterocycles. The van der Waals surface area contributed by atoms with Gasteiger partial charge in [-0.25, -0.2) is 4.79 Å². The van der Waals surface area contributed by atoms with Crippen molar-refractivity contribution in [1.82, 2.24) is 15.1 Å². The van der Waals surface area contributed by atoms with Crippen molar-refractivity contribution in [2.75, 3.05) is 26.2 Å². The van der Waals surface area contributed by atoms with Gasteiger partial charge in [0, 0.05) is 26.2 Å². The van der Waals surface area contributed by atoms with Gasteiger partial charge in [0.05, 0.1) is 0 Å². The van der Waals surface area contributed by atoms with Crippen molar-refractivity contribution in [2.24, 2.45) is 0 Å². The minimum atomic E-state index is -0.247. The molecule has 2 aliphatic rings. The van der Waals surface area contributed by atoms with Gasteiger partial charge in [0.25, 0.3) is 5.91 Å². The lowest BCUT2D eigenvalue weighted by Gasteiger charge is -2.26. The zero-order chi connectivity index (χ0) is 10.1. The molecule has 0 aromatic carbocycles. The number of fused-ring (bicyclic) bond motifs is 1. The number of imide groups is 1. The topological polar surface area (TPSA) is 52.7 Å². The van der Waals surface area contributed by atoms with Crippen molar-refractivity contribution in [3.63, 3.8) is 0 Å². The lowest BCUT2D eigenvalue weighted by molar-refractivity contribution is -0.128. The highest BCUT2D eigenvalue weighted by Gasteiger charge is 2.45. The molecule has 0 aromatic heterocycles. The Hall–Kier alpha value is -1.10. The number of hydrogen-bond donors (Lipinski definition) is 1. The largest absolute Gasteiger partial charge is 0.327 e. The van der Waals surface area contributed by atoms with E-state index in [0.717, 1.165) is 13.0 Å². The second-order valence-electron chi connectivity index (χ2n) is 3.69. The fourth-order valence-electron chi connectivity index (χ4n) is 2.01. The van der Waals surface area contributed by atoms with Crippen LogP contribution in [0.4, 0.5) is 4.79 Å². The van der Waals surface area contributed by atoms with Gasteiger partial charge in [0.15, 0.2) is 0 Å². The van der Waals surface area contributed by atoms with Crippen molar-refractivity contribution >= 4 is 11.9 Å². The van der Waals surface area contributed by atoms with E-state index >= 15 is 0 Å². The van der Waals surface area contributed by atoms with Gasteiger partial charge in [0.1, 0.15) is 6.04 Å². The van der Waals surface area contributed by atoms with E-state index < -0.39 is 0 Å². The summed E-state index contributed by atoms with van der Waals surface area (Å²) in [4.78, 5) is 26.6. The summed E-state index contributed by atoms with van der Waals surface area (Å²) in [5.41, 5.74) is 0. The molecule has 1 unspecified atom stereocenters. The number of piperazine rings is 1. The zero-order valence-corrected chi connectivity index (χ0v) is 8.32. The highest BCUT2D eigenvalue weighted by Crippen LogP contribution is 2.18. The molecule has 14 heavy (non-hydrogen) atoms. The predicted octanol–water partition coefficient (Wildman–Crippen LogP) is -0.368. The summed E-state index contributed by atoms with van der Waals surface area (Å²) in [7, 11) is 0. The quantitative estimate of drug-likeness (QED) is 0.615. The maximum atomic E-state index is 11.8. The van der Waals surface area contributed by atoms with Crippen molar-refractivity contribution in [3.05, 3.63) is 0 Å². The molecular weight excluding hydrogens is 182 g/mol. The number of carbonyl (C=O) groups excluding carboxylic acids is 2. The molecule has 0 aliphatic carbocycles. The van der Waals surface area contributed by atoms with Crippen LogP contribution in [0.2, 0.25) is 0 Å².